The smallest absolute Gasteiger partial charge is 0.137 e. The minimum Gasteiger partial charge on any atom is -0.495 e. The third-order valence-corrected chi connectivity index (χ3v) is 2.38. The van der Waals surface area contributed by atoms with E-state index in [0.29, 0.717) is 6.04 Å². The molecule has 1 unspecified atom stereocenters. The Morgan fingerprint density at radius 2 is 2.50 bits per heavy atom. The molecule has 2 rings (SSSR count). The van der Waals surface area contributed by atoms with E-state index in [0.717, 1.165) is 31.1 Å². The molecule has 1 atom stereocenters. The van der Waals surface area contributed by atoms with E-state index in [1.165, 1.54) is 0 Å². The van der Waals surface area contributed by atoms with E-state index in [-0.39, 0.29) is 0 Å². The van der Waals surface area contributed by atoms with Gasteiger partial charge in [0.05, 0.1) is 13.3 Å². The molecular weight excluding hydrogens is 178 g/mol. The maximum atomic E-state index is 5.04. The first-order valence-corrected chi connectivity index (χ1v) is 4.86. The lowest BCUT2D eigenvalue weighted by molar-refractivity contribution is 0.413. The zero-order valence-electron chi connectivity index (χ0n) is 8.29. The highest BCUT2D eigenvalue weighted by molar-refractivity contribution is 5.38. The number of hydrogen-bond acceptors (Lipinski definition) is 4. The predicted molar refractivity (Wildman–Crippen MR) is 55.7 cm³/mol. The van der Waals surface area contributed by atoms with Crippen LogP contribution in [0.3, 0.4) is 0 Å². The number of methoxy groups -OCH3 is 1. The highest BCUT2D eigenvalue weighted by Crippen LogP contribution is 2.13. The summed E-state index contributed by atoms with van der Waals surface area (Å²) in [5, 5.41) is 6.66. The van der Waals surface area contributed by atoms with Crippen molar-refractivity contribution in [3.8, 4) is 5.75 Å². The van der Waals surface area contributed by atoms with Crippen LogP contribution in [0.2, 0.25) is 0 Å². The maximum Gasteiger partial charge on any atom is 0.137 e. The number of anilines is 1. The van der Waals surface area contributed by atoms with Crippen molar-refractivity contribution in [2.24, 2.45) is 0 Å². The van der Waals surface area contributed by atoms with Gasteiger partial charge in [0.25, 0.3) is 0 Å². The normalized spacial score (nSPS) is 20.8. The van der Waals surface area contributed by atoms with Gasteiger partial charge in [-0.25, -0.2) is 4.98 Å². The third-order valence-electron chi connectivity index (χ3n) is 2.38. The second-order valence-electron chi connectivity index (χ2n) is 3.42. The molecule has 0 amide bonds. The topological polar surface area (TPSA) is 46.2 Å². The average Bonchev–Trinajstić information content (AvgIpc) is 2.72. The van der Waals surface area contributed by atoms with E-state index in [1.807, 2.05) is 12.1 Å². The quantitative estimate of drug-likeness (QED) is 0.747. The third kappa shape index (κ3) is 2.14. The van der Waals surface area contributed by atoms with Gasteiger partial charge in [0.15, 0.2) is 0 Å². The first-order chi connectivity index (χ1) is 6.88. The summed E-state index contributed by atoms with van der Waals surface area (Å²) in [4.78, 5) is 4.25. The number of rotatable bonds is 3. The lowest BCUT2D eigenvalue weighted by Gasteiger charge is -2.11. The summed E-state index contributed by atoms with van der Waals surface area (Å²) in [5.74, 6) is 1.71. The van der Waals surface area contributed by atoms with E-state index in [9.17, 15) is 0 Å². The van der Waals surface area contributed by atoms with Gasteiger partial charge < -0.3 is 15.4 Å². The maximum absolute atomic E-state index is 5.04. The largest absolute Gasteiger partial charge is 0.495 e. The average molecular weight is 193 g/mol. The van der Waals surface area contributed by atoms with Crippen LogP contribution in [0.15, 0.2) is 18.3 Å². The number of ether oxygens (including phenoxy) is 1. The molecule has 0 aromatic carbocycles. The van der Waals surface area contributed by atoms with E-state index < -0.39 is 0 Å². The molecule has 0 radical (unpaired) electrons. The number of nitrogens with zero attached hydrogens (tertiary/aromatic N) is 1. The molecule has 76 valence electrons. The Balaban J connectivity index is 1.95. The number of nitrogens with one attached hydrogen (secondary N) is 2. The molecular formula is C10H15N3O. The Kier molecular flexibility index (Phi) is 2.84. The van der Waals surface area contributed by atoms with E-state index in [2.05, 4.69) is 15.6 Å². The van der Waals surface area contributed by atoms with Crippen molar-refractivity contribution in [1.82, 2.24) is 10.3 Å². The fraction of sp³-hybridized carbons (Fsp3) is 0.500. The fourth-order valence-electron chi connectivity index (χ4n) is 1.57. The summed E-state index contributed by atoms with van der Waals surface area (Å²) in [5.41, 5.74) is 0. The first kappa shape index (κ1) is 9.27. The van der Waals surface area contributed by atoms with Crippen LogP contribution < -0.4 is 15.4 Å². The molecule has 1 saturated heterocycles. The molecule has 14 heavy (non-hydrogen) atoms. The Morgan fingerprint density at radius 1 is 1.57 bits per heavy atom. The monoisotopic (exact) mass is 193 g/mol. The lowest BCUT2D eigenvalue weighted by atomic mass is 10.2. The molecule has 4 nitrogen and oxygen atoms in total. The SMILES string of the molecule is COc1ccc(NC2CCNC2)nc1. The van der Waals surface area contributed by atoms with Gasteiger partial charge in [-0.3, -0.25) is 0 Å². The number of hydrogen-bond donors (Lipinski definition) is 2. The molecule has 1 aliphatic rings. The van der Waals surface area contributed by atoms with Crippen molar-refractivity contribution < 1.29 is 4.74 Å². The Labute approximate surface area is 83.7 Å². The molecule has 1 aliphatic heterocycles. The van der Waals surface area contributed by atoms with Gasteiger partial charge in [-0.1, -0.05) is 0 Å². The van der Waals surface area contributed by atoms with Crippen LogP contribution in [0.4, 0.5) is 5.82 Å². The number of pyridine rings is 1. The highest BCUT2D eigenvalue weighted by Gasteiger charge is 2.13. The Bertz CT molecular complexity index is 280. The molecule has 0 aliphatic carbocycles. The van der Waals surface area contributed by atoms with Crippen LogP contribution in [0.5, 0.6) is 5.75 Å². The van der Waals surface area contributed by atoms with E-state index in [1.54, 1.807) is 13.3 Å². The Morgan fingerprint density at radius 3 is 3.07 bits per heavy atom. The molecule has 1 aromatic rings. The first-order valence-electron chi connectivity index (χ1n) is 4.86. The molecule has 0 saturated carbocycles. The number of aromatic nitrogens is 1. The minimum atomic E-state index is 0.510. The molecule has 1 aromatic heterocycles. The Hall–Kier alpha value is -1.29. The highest BCUT2D eigenvalue weighted by atomic mass is 16.5. The standard InChI is InChI=1S/C10H15N3O/c1-14-9-2-3-10(12-7-9)13-8-4-5-11-6-8/h2-3,7-8,11H,4-6H2,1H3,(H,12,13). The summed E-state index contributed by atoms with van der Waals surface area (Å²) < 4.78 is 5.04. The molecule has 0 bridgehead atoms. The fourth-order valence-corrected chi connectivity index (χ4v) is 1.57. The summed E-state index contributed by atoms with van der Waals surface area (Å²) in [6, 6.07) is 4.37. The van der Waals surface area contributed by atoms with Crippen molar-refractivity contribution in [2.45, 2.75) is 12.5 Å². The van der Waals surface area contributed by atoms with Crippen LogP contribution in [-0.4, -0.2) is 31.2 Å². The zero-order chi connectivity index (χ0) is 9.80. The van der Waals surface area contributed by atoms with Gasteiger partial charge in [0, 0.05) is 12.6 Å². The second kappa shape index (κ2) is 4.28. The summed E-state index contributed by atoms with van der Waals surface area (Å²) in [6.07, 6.45) is 2.89. The van der Waals surface area contributed by atoms with E-state index >= 15 is 0 Å². The van der Waals surface area contributed by atoms with Crippen molar-refractivity contribution in [1.29, 1.82) is 0 Å². The molecule has 2 N–H and O–H groups in total. The zero-order valence-corrected chi connectivity index (χ0v) is 8.29. The summed E-state index contributed by atoms with van der Waals surface area (Å²) in [6.45, 7) is 2.11. The van der Waals surface area contributed by atoms with Crippen molar-refractivity contribution in [3.63, 3.8) is 0 Å². The predicted octanol–water partition coefficient (Wildman–Crippen LogP) is 0.864. The molecule has 2 heterocycles. The minimum absolute atomic E-state index is 0.510. The van der Waals surface area contributed by atoms with Crippen molar-refractivity contribution >= 4 is 5.82 Å². The van der Waals surface area contributed by atoms with Gasteiger partial charge in [-0.15, -0.1) is 0 Å². The summed E-state index contributed by atoms with van der Waals surface area (Å²) >= 11 is 0. The van der Waals surface area contributed by atoms with Crippen molar-refractivity contribution in [2.75, 3.05) is 25.5 Å². The molecule has 0 spiro atoms. The lowest BCUT2D eigenvalue weighted by Crippen LogP contribution is -2.22. The molecule has 4 heteroatoms. The van der Waals surface area contributed by atoms with Gasteiger partial charge in [-0.05, 0) is 25.1 Å². The van der Waals surface area contributed by atoms with Crippen LogP contribution in [0.25, 0.3) is 0 Å². The van der Waals surface area contributed by atoms with Gasteiger partial charge >= 0.3 is 0 Å². The van der Waals surface area contributed by atoms with Gasteiger partial charge in [0.1, 0.15) is 11.6 Å². The van der Waals surface area contributed by atoms with Crippen LogP contribution in [0.1, 0.15) is 6.42 Å². The second-order valence-corrected chi connectivity index (χ2v) is 3.42. The van der Waals surface area contributed by atoms with Gasteiger partial charge in [-0.2, -0.15) is 0 Å². The van der Waals surface area contributed by atoms with Crippen LogP contribution in [0, 0.1) is 0 Å². The van der Waals surface area contributed by atoms with Crippen LogP contribution in [-0.2, 0) is 0 Å². The van der Waals surface area contributed by atoms with E-state index in [4.69, 9.17) is 4.74 Å². The van der Waals surface area contributed by atoms with Gasteiger partial charge in [0.2, 0.25) is 0 Å². The molecule has 1 fully saturated rings. The van der Waals surface area contributed by atoms with Crippen molar-refractivity contribution in [3.05, 3.63) is 18.3 Å². The summed E-state index contributed by atoms with van der Waals surface area (Å²) in [7, 11) is 1.64. The van der Waals surface area contributed by atoms with Crippen LogP contribution >= 0.6 is 0 Å².